The van der Waals surface area contributed by atoms with E-state index in [-0.39, 0.29) is 0 Å². The monoisotopic (exact) mass is 576 g/mol. The molecular formula is C35H40N6O2. The molecule has 8 nitrogen and oxygen atoms in total. The van der Waals surface area contributed by atoms with Gasteiger partial charge in [0.1, 0.15) is 5.82 Å². The van der Waals surface area contributed by atoms with Crippen LogP contribution in [0.25, 0.3) is 22.3 Å². The summed E-state index contributed by atoms with van der Waals surface area (Å²) in [6, 6.07) is 26.0. The average Bonchev–Trinajstić information content (AvgIpc) is 3.06. The van der Waals surface area contributed by atoms with E-state index in [2.05, 4.69) is 67.2 Å². The number of nitrogens with zero attached hydrogens (tertiary/aromatic N) is 3. The molecule has 0 unspecified atom stereocenters. The van der Waals surface area contributed by atoms with Gasteiger partial charge in [0.15, 0.2) is 0 Å². The zero-order valence-electron chi connectivity index (χ0n) is 24.7. The van der Waals surface area contributed by atoms with Gasteiger partial charge in [0, 0.05) is 61.2 Å². The molecule has 1 amide bonds. The third-order valence-electron chi connectivity index (χ3n) is 8.59. The van der Waals surface area contributed by atoms with Gasteiger partial charge in [-0.3, -0.25) is 10.3 Å². The Labute approximate surface area is 253 Å². The van der Waals surface area contributed by atoms with Crippen LogP contribution in [0.5, 0.6) is 0 Å². The third kappa shape index (κ3) is 7.32. The van der Waals surface area contributed by atoms with Crippen LogP contribution in [-0.4, -0.2) is 54.4 Å². The molecule has 2 aromatic heterocycles. The van der Waals surface area contributed by atoms with E-state index in [4.69, 9.17) is 4.74 Å². The SMILES string of the molecule is COC(=O)Nc1cccc(-c2ccnc(N[C@@H]3CCCC[C@H]3N[C@H]3CCCN(c4ccc(-c5cccnc5)cc4)C3)c2)c1. The fraction of sp³-hybridized carbons (Fsp3) is 0.343. The van der Waals surface area contributed by atoms with Gasteiger partial charge in [0.2, 0.25) is 0 Å². The van der Waals surface area contributed by atoms with Crippen LogP contribution in [0.15, 0.2) is 91.4 Å². The molecule has 43 heavy (non-hydrogen) atoms. The Hall–Kier alpha value is -4.43. The summed E-state index contributed by atoms with van der Waals surface area (Å²) in [4.78, 5) is 23.1. The van der Waals surface area contributed by atoms with E-state index in [1.54, 1.807) is 0 Å². The lowest BCUT2D eigenvalue weighted by molar-refractivity contribution is 0.187. The number of ether oxygens (including phenoxy) is 1. The van der Waals surface area contributed by atoms with Gasteiger partial charge in [0.05, 0.1) is 7.11 Å². The Kier molecular flexibility index (Phi) is 9.13. The van der Waals surface area contributed by atoms with Gasteiger partial charge < -0.3 is 20.3 Å². The van der Waals surface area contributed by atoms with Crippen molar-refractivity contribution in [3.8, 4) is 22.3 Å². The fourth-order valence-corrected chi connectivity index (χ4v) is 6.38. The zero-order valence-corrected chi connectivity index (χ0v) is 24.7. The molecule has 222 valence electrons. The van der Waals surface area contributed by atoms with E-state index in [0.717, 1.165) is 48.4 Å². The molecule has 2 aliphatic rings. The summed E-state index contributed by atoms with van der Waals surface area (Å²) in [5.74, 6) is 0.876. The number of hydrogen-bond donors (Lipinski definition) is 3. The Morgan fingerprint density at radius 2 is 1.65 bits per heavy atom. The number of nitrogens with one attached hydrogen (secondary N) is 3. The topological polar surface area (TPSA) is 91.4 Å². The van der Waals surface area contributed by atoms with Gasteiger partial charge in [-0.1, -0.05) is 43.2 Å². The minimum absolute atomic E-state index is 0.318. The van der Waals surface area contributed by atoms with Crippen LogP contribution in [0.4, 0.5) is 22.0 Å². The summed E-state index contributed by atoms with van der Waals surface area (Å²) in [5, 5.41) is 10.6. The summed E-state index contributed by atoms with van der Waals surface area (Å²) < 4.78 is 4.74. The van der Waals surface area contributed by atoms with Crippen molar-refractivity contribution < 1.29 is 9.53 Å². The summed E-state index contributed by atoms with van der Waals surface area (Å²) in [6.07, 6.45) is 12.2. The highest BCUT2D eigenvalue weighted by atomic mass is 16.5. The average molecular weight is 577 g/mol. The lowest BCUT2D eigenvalue weighted by atomic mass is 9.89. The maximum absolute atomic E-state index is 11.7. The molecule has 4 aromatic rings. The van der Waals surface area contributed by atoms with Crippen LogP contribution in [0, 0.1) is 0 Å². The van der Waals surface area contributed by atoms with Crippen LogP contribution in [0.1, 0.15) is 38.5 Å². The van der Waals surface area contributed by atoms with E-state index in [1.165, 1.54) is 44.0 Å². The molecular weight excluding hydrogens is 536 g/mol. The third-order valence-corrected chi connectivity index (χ3v) is 8.59. The molecule has 3 atom stereocenters. The van der Waals surface area contributed by atoms with Gasteiger partial charge in [-0.05, 0) is 90.4 Å². The van der Waals surface area contributed by atoms with Crippen molar-refractivity contribution in [2.24, 2.45) is 0 Å². The van der Waals surface area contributed by atoms with Gasteiger partial charge in [-0.2, -0.15) is 0 Å². The number of pyridine rings is 2. The minimum Gasteiger partial charge on any atom is -0.453 e. The second kappa shape index (κ2) is 13.7. The normalized spacial score (nSPS) is 20.3. The number of methoxy groups -OCH3 is 1. The van der Waals surface area contributed by atoms with Gasteiger partial charge in [-0.25, -0.2) is 9.78 Å². The molecule has 1 aliphatic heterocycles. The van der Waals surface area contributed by atoms with Crippen LogP contribution in [-0.2, 0) is 4.74 Å². The molecule has 0 spiro atoms. The van der Waals surface area contributed by atoms with Gasteiger partial charge in [-0.15, -0.1) is 0 Å². The lowest BCUT2D eigenvalue weighted by Crippen LogP contribution is -2.54. The van der Waals surface area contributed by atoms with Gasteiger partial charge in [0.25, 0.3) is 0 Å². The number of aromatic nitrogens is 2. The van der Waals surface area contributed by atoms with E-state index in [9.17, 15) is 4.79 Å². The number of carbonyl (C=O) groups excluding carboxylic acids is 1. The van der Waals surface area contributed by atoms with E-state index < -0.39 is 6.09 Å². The van der Waals surface area contributed by atoms with Crippen molar-refractivity contribution in [1.29, 1.82) is 0 Å². The van der Waals surface area contributed by atoms with Crippen molar-refractivity contribution in [3.05, 3.63) is 91.4 Å². The molecule has 1 aliphatic carbocycles. The van der Waals surface area contributed by atoms with E-state index in [0.29, 0.717) is 23.8 Å². The molecule has 0 bridgehead atoms. The molecule has 1 saturated carbocycles. The Bertz CT molecular complexity index is 1500. The number of piperidine rings is 1. The van der Waals surface area contributed by atoms with Gasteiger partial charge >= 0.3 is 6.09 Å². The summed E-state index contributed by atoms with van der Waals surface area (Å²) >= 11 is 0. The predicted octanol–water partition coefficient (Wildman–Crippen LogP) is 6.97. The highest BCUT2D eigenvalue weighted by molar-refractivity contribution is 5.86. The first-order valence-corrected chi connectivity index (χ1v) is 15.3. The second-order valence-corrected chi connectivity index (χ2v) is 11.5. The number of anilines is 3. The number of carbonyl (C=O) groups is 1. The van der Waals surface area contributed by atoms with E-state index in [1.807, 2.05) is 55.0 Å². The Balaban J connectivity index is 1.09. The van der Waals surface area contributed by atoms with Crippen LogP contribution >= 0.6 is 0 Å². The standard InChI is InChI=1S/C35H40N6O2/c1-43-35(42)39-29-9-4-7-26(21-29)27-17-19-37-34(22-27)40-33-12-3-2-11-32(33)38-30-10-6-20-41(24-30)31-15-13-25(14-16-31)28-8-5-18-36-23-28/h4-5,7-9,13-19,21-23,30,32-33,38H,2-3,6,10-12,20,24H2,1H3,(H,37,40)(H,39,42)/t30-,32+,33+/m0/s1. The maximum Gasteiger partial charge on any atom is 0.411 e. The highest BCUT2D eigenvalue weighted by Crippen LogP contribution is 2.29. The fourth-order valence-electron chi connectivity index (χ4n) is 6.38. The molecule has 6 rings (SSSR count). The molecule has 2 aromatic carbocycles. The first-order chi connectivity index (χ1) is 21.1. The Morgan fingerprint density at radius 1 is 0.837 bits per heavy atom. The smallest absolute Gasteiger partial charge is 0.411 e. The van der Waals surface area contributed by atoms with Crippen LogP contribution < -0.4 is 20.9 Å². The summed E-state index contributed by atoms with van der Waals surface area (Å²) in [7, 11) is 1.36. The van der Waals surface area contributed by atoms with Crippen molar-refractivity contribution in [1.82, 2.24) is 15.3 Å². The number of benzene rings is 2. The molecule has 1 saturated heterocycles. The van der Waals surface area contributed by atoms with Crippen molar-refractivity contribution >= 4 is 23.3 Å². The van der Waals surface area contributed by atoms with E-state index >= 15 is 0 Å². The Morgan fingerprint density at radius 3 is 2.47 bits per heavy atom. The molecule has 3 heterocycles. The summed E-state index contributed by atoms with van der Waals surface area (Å²) in [6.45, 7) is 2.10. The quantitative estimate of drug-likeness (QED) is 0.209. The van der Waals surface area contributed by atoms with Crippen molar-refractivity contribution in [3.63, 3.8) is 0 Å². The largest absolute Gasteiger partial charge is 0.453 e. The van der Waals surface area contributed by atoms with Crippen molar-refractivity contribution in [2.45, 2.75) is 56.7 Å². The number of amides is 1. The number of rotatable bonds is 8. The predicted molar refractivity (Wildman–Crippen MR) is 173 cm³/mol. The summed E-state index contributed by atoms with van der Waals surface area (Å²) in [5.41, 5.74) is 6.37. The maximum atomic E-state index is 11.7. The van der Waals surface area contributed by atoms with Crippen LogP contribution in [0.2, 0.25) is 0 Å². The highest BCUT2D eigenvalue weighted by Gasteiger charge is 2.29. The molecule has 8 heteroatoms. The zero-order chi connectivity index (χ0) is 29.4. The molecule has 3 N–H and O–H groups in total. The molecule has 0 radical (unpaired) electrons. The lowest BCUT2D eigenvalue weighted by Gasteiger charge is -2.40. The minimum atomic E-state index is -0.482. The molecule has 2 fully saturated rings. The van der Waals surface area contributed by atoms with Crippen LogP contribution in [0.3, 0.4) is 0 Å². The second-order valence-electron chi connectivity index (χ2n) is 11.5. The van der Waals surface area contributed by atoms with Crippen molar-refractivity contribution in [2.75, 3.05) is 35.7 Å². The number of hydrogen-bond acceptors (Lipinski definition) is 7. The first kappa shape index (κ1) is 28.7. The first-order valence-electron chi connectivity index (χ1n) is 15.3.